The summed E-state index contributed by atoms with van der Waals surface area (Å²) in [6, 6.07) is 4.41. The molecule has 0 amide bonds. The van der Waals surface area contributed by atoms with Gasteiger partial charge in [-0.05, 0) is 30.9 Å². The van der Waals surface area contributed by atoms with Crippen molar-refractivity contribution in [3.63, 3.8) is 0 Å². The molecule has 0 aliphatic heterocycles. The van der Waals surface area contributed by atoms with Crippen LogP contribution >= 0.6 is 0 Å². The number of hydrogen-bond donors (Lipinski definition) is 0. The standard InChI is InChI=1S/C10H15N/c1-11-8-4-7-10(11)9-5-2-3-6-9/h4,7-9H,2-3,5-6H2,1H3. The summed E-state index contributed by atoms with van der Waals surface area (Å²) < 4.78 is 2.26. The first-order valence-corrected chi connectivity index (χ1v) is 4.49. The summed E-state index contributed by atoms with van der Waals surface area (Å²) >= 11 is 0. The Bertz CT molecular complexity index is 231. The van der Waals surface area contributed by atoms with E-state index in [1.54, 1.807) is 0 Å². The van der Waals surface area contributed by atoms with E-state index in [1.807, 2.05) is 0 Å². The monoisotopic (exact) mass is 149 g/mol. The Hall–Kier alpha value is -0.720. The highest BCUT2D eigenvalue weighted by molar-refractivity contribution is 5.13. The van der Waals surface area contributed by atoms with Gasteiger partial charge in [0.1, 0.15) is 0 Å². The molecule has 0 bridgehead atoms. The van der Waals surface area contributed by atoms with Crippen molar-refractivity contribution in [3.05, 3.63) is 24.0 Å². The molecule has 1 saturated carbocycles. The number of aromatic nitrogens is 1. The van der Waals surface area contributed by atoms with E-state index >= 15 is 0 Å². The summed E-state index contributed by atoms with van der Waals surface area (Å²) in [6.07, 6.45) is 7.80. The van der Waals surface area contributed by atoms with Gasteiger partial charge in [-0.25, -0.2) is 0 Å². The lowest BCUT2D eigenvalue weighted by Gasteiger charge is -2.09. The van der Waals surface area contributed by atoms with Gasteiger partial charge >= 0.3 is 0 Å². The molecular formula is C10H15N. The lowest BCUT2D eigenvalue weighted by Crippen LogP contribution is -1.99. The number of nitrogens with zero attached hydrogens (tertiary/aromatic N) is 1. The second-order valence-corrected chi connectivity index (χ2v) is 3.53. The first-order valence-electron chi connectivity index (χ1n) is 4.49. The molecule has 1 aromatic heterocycles. The third-order valence-corrected chi connectivity index (χ3v) is 2.76. The molecule has 0 spiro atoms. The molecule has 11 heavy (non-hydrogen) atoms. The third kappa shape index (κ3) is 1.20. The van der Waals surface area contributed by atoms with E-state index in [4.69, 9.17) is 0 Å². The Balaban J connectivity index is 2.21. The van der Waals surface area contributed by atoms with E-state index in [0.29, 0.717) is 0 Å². The van der Waals surface area contributed by atoms with Crippen LogP contribution in [0.1, 0.15) is 37.3 Å². The zero-order chi connectivity index (χ0) is 7.68. The Morgan fingerprint density at radius 3 is 2.64 bits per heavy atom. The SMILES string of the molecule is Cn1cccc1C1CCCC1. The molecule has 1 fully saturated rings. The molecule has 0 N–H and O–H groups in total. The van der Waals surface area contributed by atoms with E-state index in [1.165, 1.54) is 31.4 Å². The fraction of sp³-hybridized carbons (Fsp3) is 0.600. The first-order chi connectivity index (χ1) is 5.38. The van der Waals surface area contributed by atoms with Crippen LogP contribution in [0.25, 0.3) is 0 Å². The fourth-order valence-electron chi connectivity index (χ4n) is 2.12. The van der Waals surface area contributed by atoms with Crippen molar-refractivity contribution < 1.29 is 0 Å². The van der Waals surface area contributed by atoms with E-state index in [9.17, 15) is 0 Å². The quantitative estimate of drug-likeness (QED) is 0.578. The smallest absolute Gasteiger partial charge is 0.0202 e. The Kier molecular flexibility index (Phi) is 1.72. The van der Waals surface area contributed by atoms with Gasteiger partial charge in [0.05, 0.1) is 0 Å². The summed E-state index contributed by atoms with van der Waals surface area (Å²) in [5.41, 5.74) is 1.53. The lowest BCUT2D eigenvalue weighted by atomic mass is 10.0. The Morgan fingerprint density at radius 2 is 2.09 bits per heavy atom. The zero-order valence-electron chi connectivity index (χ0n) is 7.09. The van der Waals surface area contributed by atoms with Crippen molar-refractivity contribution in [1.82, 2.24) is 4.57 Å². The van der Waals surface area contributed by atoms with Crippen LogP contribution in [0.2, 0.25) is 0 Å². The van der Waals surface area contributed by atoms with Gasteiger partial charge in [0.15, 0.2) is 0 Å². The zero-order valence-corrected chi connectivity index (χ0v) is 7.09. The van der Waals surface area contributed by atoms with Gasteiger partial charge < -0.3 is 4.57 Å². The maximum Gasteiger partial charge on any atom is 0.0202 e. The van der Waals surface area contributed by atoms with Crippen LogP contribution in [0.4, 0.5) is 0 Å². The largest absolute Gasteiger partial charge is 0.354 e. The van der Waals surface area contributed by atoms with E-state index in [-0.39, 0.29) is 0 Å². The van der Waals surface area contributed by atoms with Crippen molar-refractivity contribution in [2.45, 2.75) is 31.6 Å². The summed E-state index contributed by atoms with van der Waals surface area (Å²) in [5.74, 6) is 0.856. The van der Waals surface area contributed by atoms with Crippen molar-refractivity contribution in [1.29, 1.82) is 0 Å². The molecule has 0 radical (unpaired) electrons. The van der Waals surface area contributed by atoms with Crippen LogP contribution < -0.4 is 0 Å². The van der Waals surface area contributed by atoms with Gasteiger partial charge in [-0.15, -0.1) is 0 Å². The molecule has 1 nitrogen and oxygen atoms in total. The summed E-state index contributed by atoms with van der Waals surface area (Å²) in [5, 5.41) is 0. The summed E-state index contributed by atoms with van der Waals surface area (Å²) in [4.78, 5) is 0. The van der Waals surface area contributed by atoms with Gasteiger partial charge in [-0.3, -0.25) is 0 Å². The Morgan fingerprint density at radius 1 is 1.36 bits per heavy atom. The van der Waals surface area contributed by atoms with Gasteiger partial charge in [0.2, 0.25) is 0 Å². The van der Waals surface area contributed by atoms with Gasteiger partial charge in [-0.2, -0.15) is 0 Å². The Labute approximate surface area is 68.0 Å². The highest BCUT2D eigenvalue weighted by atomic mass is 14.9. The van der Waals surface area contributed by atoms with Crippen LogP contribution in [0.3, 0.4) is 0 Å². The molecule has 1 aromatic rings. The van der Waals surface area contributed by atoms with Crippen LogP contribution in [0.5, 0.6) is 0 Å². The van der Waals surface area contributed by atoms with Crippen molar-refractivity contribution in [3.8, 4) is 0 Å². The molecule has 1 aliphatic rings. The van der Waals surface area contributed by atoms with Crippen molar-refractivity contribution in [2.24, 2.45) is 7.05 Å². The molecule has 0 aromatic carbocycles. The second kappa shape index (κ2) is 2.72. The molecule has 0 saturated heterocycles. The predicted molar refractivity (Wildman–Crippen MR) is 46.6 cm³/mol. The van der Waals surface area contributed by atoms with Gasteiger partial charge in [0, 0.05) is 18.9 Å². The van der Waals surface area contributed by atoms with Crippen molar-refractivity contribution in [2.75, 3.05) is 0 Å². The van der Waals surface area contributed by atoms with E-state index in [0.717, 1.165) is 5.92 Å². The van der Waals surface area contributed by atoms with E-state index in [2.05, 4.69) is 29.9 Å². The average molecular weight is 149 g/mol. The molecule has 0 atom stereocenters. The second-order valence-electron chi connectivity index (χ2n) is 3.53. The van der Waals surface area contributed by atoms with Crippen molar-refractivity contribution >= 4 is 0 Å². The van der Waals surface area contributed by atoms with Crippen LogP contribution in [-0.2, 0) is 7.05 Å². The van der Waals surface area contributed by atoms with Gasteiger partial charge in [0.25, 0.3) is 0 Å². The predicted octanol–water partition coefficient (Wildman–Crippen LogP) is 2.68. The molecule has 2 rings (SSSR count). The third-order valence-electron chi connectivity index (χ3n) is 2.76. The van der Waals surface area contributed by atoms with Crippen LogP contribution in [0, 0.1) is 0 Å². The molecule has 60 valence electrons. The minimum Gasteiger partial charge on any atom is -0.354 e. The average Bonchev–Trinajstić information content (AvgIpc) is 2.55. The maximum atomic E-state index is 2.26. The fourth-order valence-corrected chi connectivity index (χ4v) is 2.12. The molecular weight excluding hydrogens is 134 g/mol. The topological polar surface area (TPSA) is 4.93 Å². The maximum absolute atomic E-state index is 2.26. The number of aryl methyl sites for hydroxylation is 1. The number of rotatable bonds is 1. The highest BCUT2D eigenvalue weighted by Crippen LogP contribution is 2.33. The molecule has 1 heterocycles. The summed E-state index contributed by atoms with van der Waals surface area (Å²) in [6.45, 7) is 0. The first kappa shape index (κ1) is 6.96. The number of hydrogen-bond acceptors (Lipinski definition) is 0. The molecule has 1 aliphatic carbocycles. The normalized spacial score (nSPS) is 19.4. The highest BCUT2D eigenvalue weighted by Gasteiger charge is 2.18. The minimum absolute atomic E-state index is 0.856. The summed E-state index contributed by atoms with van der Waals surface area (Å²) in [7, 11) is 2.15. The van der Waals surface area contributed by atoms with Gasteiger partial charge in [-0.1, -0.05) is 12.8 Å². The van der Waals surface area contributed by atoms with E-state index < -0.39 is 0 Å². The molecule has 1 heteroatoms. The van der Waals surface area contributed by atoms with Crippen LogP contribution in [0.15, 0.2) is 18.3 Å². The lowest BCUT2D eigenvalue weighted by molar-refractivity contribution is 0.656. The minimum atomic E-state index is 0.856. The van der Waals surface area contributed by atoms with Crippen LogP contribution in [-0.4, -0.2) is 4.57 Å². The molecule has 0 unspecified atom stereocenters.